The summed E-state index contributed by atoms with van der Waals surface area (Å²) >= 11 is 0. The van der Waals surface area contributed by atoms with Gasteiger partial charge in [0.15, 0.2) is 0 Å². The maximum absolute atomic E-state index is 5.28. The van der Waals surface area contributed by atoms with Crippen LogP contribution in [0.2, 0.25) is 0 Å². The van der Waals surface area contributed by atoms with Gasteiger partial charge in [-0.2, -0.15) is 0 Å². The number of pyridine rings is 1. The van der Waals surface area contributed by atoms with Gasteiger partial charge in [-0.05, 0) is 6.07 Å². The van der Waals surface area contributed by atoms with Gasteiger partial charge in [-0.15, -0.1) is 0 Å². The molecule has 0 aliphatic carbocycles. The summed E-state index contributed by atoms with van der Waals surface area (Å²) in [4.78, 5) is 4.18. The average molecular weight is 182 g/mol. The molecule has 13 heavy (non-hydrogen) atoms. The molecule has 4 nitrogen and oxygen atoms in total. The summed E-state index contributed by atoms with van der Waals surface area (Å²) in [6.07, 6.45) is 0. The van der Waals surface area contributed by atoms with E-state index in [-0.39, 0.29) is 0 Å². The summed E-state index contributed by atoms with van der Waals surface area (Å²) in [6.45, 7) is 1.57. The van der Waals surface area contributed by atoms with Crippen molar-refractivity contribution in [3.8, 4) is 5.88 Å². The molecule has 1 aromatic heterocycles. The molecule has 0 unspecified atom stereocenters. The Kier molecular flexibility index (Phi) is 4.21. The number of ether oxygens (including phenoxy) is 2. The summed E-state index contributed by atoms with van der Waals surface area (Å²) in [5.41, 5.74) is 6.13. The Hall–Kier alpha value is -1.13. The molecule has 72 valence electrons. The van der Waals surface area contributed by atoms with Crippen LogP contribution < -0.4 is 10.5 Å². The first-order valence-corrected chi connectivity index (χ1v) is 4.14. The third-order valence-corrected chi connectivity index (χ3v) is 1.50. The molecular formula is C9H14N2O2. The minimum absolute atomic E-state index is 0.481. The lowest BCUT2D eigenvalue weighted by molar-refractivity contribution is 0.125. The lowest BCUT2D eigenvalue weighted by Gasteiger charge is -2.03. The highest BCUT2D eigenvalue weighted by Gasteiger charge is 1.96. The highest BCUT2D eigenvalue weighted by atomic mass is 16.5. The van der Waals surface area contributed by atoms with Crippen molar-refractivity contribution in [1.82, 2.24) is 4.98 Å². The molecule has 0 radical (unpaired) electrons. The highest BCUT2D eigenvalue weighted by molar-refractivity contribution is 5.14. The smallest absolute Gasteiger partial charge is 0.213 e. The Labute approximate surface area is 77.7 Å². The van der Waals surface area contributed by atoms with E-state index < -0.39 is 0 Å². The van der Waals surface area contributed by atoms with Crippen molar-refractivity contribution in [2.45, 2.75) is 6.61 Å². The Morgan fingerprint density at radius 2 is 2.31 bits per heavy atom. The van der Waals surface area contributed by atoms with Crippen LogP contribution in [0.1, 0.15) is 5.69 Å². The Balaban J connectivity index is 2.46. The van der Waals surface area contributed by atoms with Crippen LogP contribution in [-0.4, -0.2) is 25.2 Å². The number of hydrogen-bond donors (Lipinski definition) is 1. The first-order chi connectivity index (χ1) is 6.36. The Bertz CT molecular complexity index is 253. The van der Waals surface area contributed by atoms with Crippen LogP contribution >= 0.6 is 0 Å². The van der Waals surface area contributed by atoms with Crippen molar-refractivity contribution in [2.75, 3.05) is 20.3 Å². The number of methoxy groups -OCH3 is 1. The fourth-order valence-corrected chi connectivity index (χ4v) is 0.912. The topological polar surface area (TPSA) is 57.4 Å². The second kappa shape index (κ2) is 5.50. The van der Waals surface area contributed by atoms with Gasteiger partial charge in [-0.25, -0.2) is 4.98 Å². The molecule has 0 spiro atoms. The summed E-state index contributed by atoms with van der Waals surface area (Å²) in [5.74, 6) is 0.605. The number of hydrogen-bond acceptors (Lipinski definition) is 4. The third-order valence-electron chi connectivity index (χ3n) is 1.50. The summed E-state index contributed by atoms with van der Waals surface area (Å²) in [6, 6.07) is 5.57. The summed E-state index contributed by atoms with van der Waals surface area (Å²) in [5, 5.41) is 0. The van der Waals surface area contributed by atoms with E-state index >= 15 is 0 Å². The number of rotatable bonds is 5. The number of aromatic nitrogens is 1. The van der Waals surface area contributed by atoms with Gasteiger partial charge < -0.3 is 15.2 Å². The van der Waals surface area contributed by atoms with E-state index in [9.17, 15) is 0 Å². The molecule has 2 N–H and O–H groups in total. The van der Waals surface area contributed by atoms with E-state index in [0.717, 1.165) is 5.69 Å². The van der Waals surface area contributed by atoms with Gasteiger partial charge in [0.25, 0.3) is 0 Å². The van der Waals surface area contributed by atoms with Crippen LogP contribution in [0.25, 0.3) is 0 Å². The highest BCUT2D eigenvalue weighted by Crippen LogP contribution is 2.06. The van der Waals surface area contributed by atoms with Gasteiger partial charge in [-0.3, -0.25) is 0 Å². The van der Waals surface area contributed by atoms with Crippen LogP contribution in [0.5, 0.6) is 5.88 Å². The van der Waals surface area contributed by atoms with Crippen molar-refractivity contribution < 1.29 is 9.47 Å². The first kappa shape index (κ1) is 9.95. The molecule has 0 aliphatic heterocycles. The number of nitrogens with two attached hydrogens (primary N) is 1. The SMILES string of the molecule is COc1cccc(COCCN)n1. The quantitative estimate of drug-likeness (QED) is 0.676. The molecule has 4 heteroatoms. The van der Waals surface area contributed by atoms with Crippen LogP contribution in [-0.2, 0) is 11.3 Å². The summed E-state index contributed by atoms with van der Waals surface area (Å²) < 4.78 is 10.2. The Morgan fingerprint density at radius 1 is 1.46 bits per heavy atom. The zero-order chi connectivity index (χ0) is 9.52. The molecule has 1 aromatic rings. The predicted octanol–water partition coefficient (Wildman–Crippen LogP) is 0.566. The normalized spacial score (nSPS) is 10.0. The molecule has 0 atom stereocenters. The van der Waals surface area contributed by atoms with Gasteiger partial charge in [0.1, 0.15) is 0 Å². The third kappa shape index (κ3) is 3.40. The van der Waals surface area contributed by atoms with Crippen molar-refractivity contribution in [1.29, 1.82) is 0 Å². The summed E-state index contributed by atoms with van der Waals surface area (Å²) in [7, 11) is 1.59. The molecule has 1 heterocycles. The first-order valence-electron chi connectivity index (χ1n) is 4.14. The number of nitrogens with zero attached hydrogens (tertiary/aromatic N) is 1. The fourth-order valence-electron chi connectivity index (χ4n) is 0.912. The molecule has 0 aromatic carbocycles. The van der Waals surface area contributed by atoms with Gasteiger partial charge in [0.05, 0.1) is 26.0 Å². The fraction of sp³-hybridized carbons (Fsp3) is 0.444. The second-order valence-corrected chi connectivity index (χ2v) is 2.51. The van der Waals surface area contributed by atoms with Crippen LogP contribution in [0.4, 0.5) is 0 Å². The molecule has 0 saturated carbocycles. The largest absolute Gasteiger partial charge is 0.481 e. The molecule has 0 aliphatic rings. The van der Waals surface area contributed by atoms with E-state index in [1.807, 2.05) is 12.1 Å². The lowest BCUT2D eigenvalue weighted by Crippen LogP contribution is -2.08. The van der Waals surface area contributed by atoms with Crippen LogP contribution in [0.3, 0.4) is 0 Å². The maximum atomic E-state index is 5.28. The minimum atomic E-state index is 0.481. The maximum Gasteiger partial charge on any atom is 0.213 e. The predicted molar refractivity (Wildman–Crippen MR) is 49.5 cm³/mol. The van der Waals surface area contributed by atoms with E-state index in [4.69, 9.17) is 15.2 Å². The van der Waals surface area contributed by atoms with Crippen molar-refractivity contribution in [2.24, 2.45) is 5.73 Å². The standard InChI is InChI=1S/C9H14N2O2/c1-12-9-4-2-3-8(11-9)7-13-6-5-10/h2-4H,5-7,10H2,1H3. The van der Waals surface area contributed by atoms with E-state index in [2.05, 4.69) is 4.98 Å². The average Bonchev–Trinajstić information content (AvgIpc) is 2.19. The second-order valence-electron chi connectivity index (χ2n) is 2.51. The van der Waals surface area contributed by atoms with Crippen LogP contribution in [0.15, 0.2) is 18.2 Å². The van der Waals surface area contributed by atoms with E-state index in [0.29, 0.717) is 25.6 Å². The van der Waals surface area contributed by atoms with Gasteiger partial charge in [0, 0.05) is 12.6 Å². The van der Waals surface area contributed by atoms with Crippen LogP contribution in [0, 0.1) is 0 Å². The molecule has 0 amide bonds. The van der Waals surface area contributed by atoms with Gasteiger partial charge in [0.2, 0.25) is 5.88 Å². The molecule has 0 saturated heterocycles. The molecule has 1 rings (SSSR count). The van der Waals surface area contributed by atoms with Gasteiger partial charge >= 0.3 is 0 Å². The van der Waals surface area contributed by atoms with E-state index in [1.54, 1.807) is 13.2 Å². The van der Waals surface area contributed by atoms with Crippen molar-refractivity contribution >= 4 is 0 Å². The molecular weight excluding hydrogens is 168 g/mol. The minimum Gasteiger partial charge on any atom is -0.481 e. The Morgan fingerprint density at radius 3 is 3.00 bits per heavy atom. The van der Waals surface area contributed by atoms with Gasteiger partial charge in [-0.1, -0.05) is 6.07 Å². The monoisotopic (exact) mass is 182 g/mol. The zero-order valence-electron chi connectivity index (χ0n) is 7.69. The van der Waals surface area contributed by atoms with Crippen molar-refractivity contribution in [3.63, 3.8) is 0 Å². The van der Waals surface area contributed by atoms with E-state index in [1.165, 1.54) is 0 Å². The lowest BCUT2D eigenvalue weighted by atomic mass is 10.4. The molecule has 0 fully saturated rings. The zero-order valence-corrected chi connectivity index (χ0v) is 7.69. The molecule has 0 bridgehead atoms. The van der Waals surface area contributed by atoms with Crippen molar-refractivity contribution in [3.05, 3.63) is 23.9 Å².